The van der Waals surface area contributed by atoms with Gasteiger partial charge in [0.1, 0.15) is 5.82 Å². The fourth-order valence-electron chi connectivity index (χ4n) is 2.37. The highest BCUT2D eigenvalue weighted by Gasteiger charge is 2.26. The number of rotatable bonds is 4. The maximum absolute atomic E-state index is 9.24. The minimum absolute atomic E-state index is 0.315. The zero-order chi connectivity index (χ0) is 11.4. The van der Waals surface area contributed by atoms with E-state index in [0.717, 1.165) is 23.3 Å². The van der Waals surface area contributed by atoms with E-state index in [1.807, 2.05) is 12.1 Å². The van der Waals surface area contributed by atoms with E-state index in [2.05, 4.69) is 26.2 Å². The molecule has 0 aliphatic heterocycles. The molecule has 1 aliphatic carbocycles. The Morgan fingerprint density at radius 2 is 2.25 bits per heavy atom. The lowest BCUT2D eigenvalue weighted by Gasteiger charge is -2.18. The van der Waals surface area contributed by atoms with Crippen molar-refractivity contribution in [1.82, 2.24) is 4.98 Å². The summed E-state index contributed by atoms with van der Waals surface area (Å²) in [5, 5.41) is 12.6. The number of hydrogen-bond acceptors (Lipinski definition) is 3. The maximum atomic E-state index is 9.24. The zero-order valence-corrected chi connectivity index (χ0v) is 10.8. The van der Waals surface area contributed by atoms with Crippen LogP contribution in [-0.2, 0) is 0 Å². The summed E-state index contributed by atoms with van der Waals surface area (Å²) >= 11 is 3.46. The van der Waals surface area contributed by atoms with Crippen LogP contribution >= 0.6 is 15.9 Å². The highest BCUT2D eigenvalue weighted by atomic mass is 79.9. The molecule has 1 aromatic heterocycles. The van der Waals surface area contributed by atoms with Gasteiger partial charge in [0.25, 0.3) is 0 Å². The van der Waals surface area contributed by atoms with Gasteiger partial charge in [-0.25, -0.2) is 4.98 Å². The fraction of sp³-hybridized carbons (Fsp3) is 0.583. The molecule has 88 valence electrons. The Bertz CT molecular complexity index is 346. The standard InChI is InChI=1S/C12H17BrN2O/c13-11-5-2-6-14-12(11)15-7-9-3-1-4-10(9)8-16/h2,5-6,9-10,16H,1,3-4,7-8H2,(H,14,15). The van der Waals surface area contributed by atoms with E-state index in [0.29, 0.717) is 18.4 Å². The average Bonchev–Trinajstić information content (AvgIpc) is 2.75. The van der Waals surface area contributed by atoms with Crippen LogP contribution in [0.5, 0.6) is 0 Å². The summed E-state index contributed by atoms with van der Waals surface area (Å²) in [6.07, 6.45) is 5.39. The Labute approximate surface area is 104 Å². The fourth-order valence-corrected chi connectivity index (χ4v) is 2.76. The van der Waals surface area contributed by atoms with Gasteiger partial charge in [0.2, 0.25) is 0 Å². The number of halogens is 1. The molecule has 2 N–H and O–H groups in total. The number of pyridine rings is 1. The van der Waals surface area contributed by atoms with E-state index in [9.17, 15) is 5.11 Å². The lowest BCUT2D eigenvalue weighted by molar-refractivity contribution is 0.199. The molecule has 1 fully saturated rings. The Morgan fingerprint density at radius 1 is 1.44 bits per heavy atom. The molecule has 1 heterocycles. The van der Waals surface area contributed by atoms with E-state index >= 15 is 0 Å². The molecule has 3 nitrogen and oxygen atoms in total. The lowest BCUT2D eigenvalue weighted by Crippen LogP contribution is -2.21. The van der Waals surface area contributed by atoms with Crippen LogP contribution in [0.4, 0.5) is 5.82 Å². The van der Waals surface area contributed by atoms with Crippen LogP contribution in [0.25, 0.3) is 0 Å². The van der Waals surface area contributed by atoms with Crippen molar-refractivity contribution in [2.75, 3.05) is 18.5 Å². The SMILES string of the molecule is OCC1CCCC1CNc1ncccc1Br. The third kappa shape index (κ3) is 2.74. The number of anilines is 1. The van der Waals surface area contributed by atoms with Crippen molar-refractivity contribution >= 4 is 21.7 Å². The second-order valence-corrected chi connectivity index (χ2v) is 5.20. The molecule has 1 aromatic rings. The number of nitrogens with zero attached hydrogens (tertiary/aromatic N) is 1. The first-order chi connectivity index (χ1) is 7.81. The topological polar surface area (TPSA) is 45.1 Å². The van der Waals surface area contributed by atoms with Gasteiger partial charge in [-0.3, -0.25) is 0 Å². The molecule has 2 atom stereocenters. The summed E-state index contributed by atoms with van der Waals surface area (Å²) in [6.45, 7) is 1.22. The van der Waals surface area contributed by atoms with Crippen LogP contribution in [0.1, 0.15) is 19.3 Å². The summed E-state index contributed by atoms with van der Waals surface area (Å²) in [5.74, 6) is 1.94. The van der Waals surface area contributed by atoms with Gasteiger partial charge in [0, 0.05) is 19.3 Å². The molecular formula is C12H17BrN2O. The van der Waals surface area contributed by atoms with E-state index in [1.54, 1.807) is 6.20 Å². The van der Waals surface area contributed by atoms with Crippen molar-refractivity contribution in [2.24, 2.45) is 11.8 Å². The van der Waals surface area contributed by atoms with Crippen LogP contribution in [-0.4, -0.2) is 23.2 Å². The molecule has 16 heavy (non-hydrogen) atoms. The summed E-state index contributed by atoms with van der Waals surface area (Å²) in [4.78, 5) is 4.27. The number of aliphatic hydroxyl groups is 1. The minimum atomic E-state index is 0.315. The van der Waals surface area contributed by atoms with Crippen LogP contribution in [0.3, 0.4) is 0 Å². The van der Waals surface area contributed by atoms with Crippen molar-refractivity contribution in [3.05, 3.63) is 22.8 Å². The molecule has 1 saturated carbocycles. The second-order valence-electron chi connectivity index (χ2n) is 4.35. The molecule has 0 bridgehead atoms. The van der Waals surface area contributed by atoms with Crippen LogP contribution in [0.15, 0.2) is 22.8 Å². The van der Waals surface area contributed by atoms with Gasteiger partial charge in [-0.15, -0.1) is 0 Å². The Morgan fingerprint density at radius 3 is 3.00 bits per heavy atom. The summed E-state index contributed by atoms with van der Waals surface area (Å²) in [7, 11) is 0. The second kappa shape index (κ2) is 5.64. The van der Waals surface area contributed by atoms with E-state index in [1.165, 1.54) is 12.8 Å². The van der Waals surface area contributed by atoms with E-state index in [4.69, 9.17) is 0 Å². The molecule has 0 radical (unpaired) electrons. The highest BCUT2D eigenvalue weighted by molar-refractivity contribution is 9.10. The first-order valence-corrected chi connectivity index (χ1v) is 6.56. The highest BCUT2D eigenvalue weighted by Crippen LogP contribution is 2.31. The minimum Gasteiger partial charge on any atom is -0.396 e. The number of aromatic nitrogens is 1. The largest absolute Gasteiger partial charge is 0.396 e. The van der Waals surface area contributed by atoms with Gasteiger partial charge in [-0.1, -0.05) is 6.42 Å². The van der Waals surface area contributed by atoms with Gasteiger partial charge in [-0.05, 0) is 52.7 Å². The maximum Gasteiger partial charge on any atom is 0.140 e. The molecule has 0 spiro atoms. The van der Waals surface area contributed by atoms with Crippen molar-refractivity contribution in [3.63, 3.8) is 0 Å². The van der Waals surface area contributed by atoms with Crippen molar-refractivity contribution in [3.8, 4) is 0 Å². The third-order valence-corrected chi connectivity index (χ3v) is 3.98. The molecule has 0 amide bonds. The Kier molecular flexibility index (Phi) is 4.18. The van der Waals surface area contributed by atoms with Gasteiger partial charge < -0.3 is 10.4 Å². The smallest absolute Gasteiger partial charge is 0.140 e. The summed E-state index contributed by atoms with van der Waals surface area (Å²) < 4.78 is 0.994. The Hall–Kier alpha value is -0.610. The normalized spacial score (nSPS) is 24.6. The predicted molar refractivity (Wildman–Crippen MR) is 68.3 cm³/mol. The number of nitrogens with one attached hydrogen (secondary N) is 1. The van der Waals surface area contributed by atoms with Crippen molar-refractivity contribution in [2.45, 2.75) is 19.3 Å². The quantitative estimate of drug-likeness (QED) is 0.894. The molecule has 1 aliphatic rings. The van der Waals surface area contributed by atoms with Crippen molar-refractivity contribution in [1.29, 1.82) is 0 Å². The molecule has 2 unspecified atom stereocenters. The summed E-state index contributed by atoms with van der Waals surface area (Å²) in [6, 6.07) is 3.88. The monoisotopic (exact) mass is 284 g/mol. The molecule has 0 aromatic carbocycles. The van der Waals surface area contributed by atoms with Crippen molar-refractivity contribution < 1.29 is 5.11 Å². The number of aliphatic hydroxyl groups excluding tert-OH is 1. The van der Waals surface area contributed by atoms with E-state index in [-0.39, 0.29) is 0 Å². The molecule has 2 rings (SSSR count). The van der Waals surface area contributed by atoms with Gasteiger partial charge in [0.05, 0.1) is 4.47 Å². The first-order valence-electron chi connectivity index (χ1n) is 5.76. The first kappa shape index (κ1) is 11.9. The van der Waals surface area contributed by atoms with Crippen LogP contribution in [0.2, 0.25) is 0 Å². The van der Waals surface area contributed by atoms with Gasteiger partial charge >= 0.3 is 0 Å². The third-order valence-electron chi connectivity index (χ3n) is 3.34. The molecule has 4 heteroatoms. The van der Waals surface area contributed by atoms with Crippen LogP contribution < -0.4 is 5.32 Å². The Balaban J connectivity index is 1.90. The predicted octanol–water partition coefficient (Wildman–Crippen LogP) is 2.66. The van der Waals surface area contributed by atoms with Gasteiger partial charge in [-0.2, -0.15) is 0 Å². The van der Waals surface area contributed by atoms with Crippen LogP contribution in [0, 0.1) is 11.8 Å². The summed E-state index contributed by atoms with van der Waals surface area (Å²) in [5.41, 5.74) is 0. The zero-order valence-electron chi connectivity index (χ0n) is 9.19. The number of hydrogen-bond donors (Lipinski definition) is 2. The molecule has 0 saturated heterocycles. The molecular weight excluding hydrogens is 268 g/mol. The lowest BCUT2D eigenvalue weighted by atomic mass is 9.97. The van der Waals surface area contributed by atoms with E-state index < -0.39 is 0 Å². The average molecular weight is 285 g/mol. The van der Waals surface area contributed by atoms with Gasteiger partial charge in [0.15, 0.2) is 0 Å².